The maximum absolute atomic E-state index is 12.6. The Labute approximate surface area is 155 Å². The molecule has 26 heavy (non-hydrogen) atoms. The van der Waals surface area contributed by atoms with Crippen LogP contribution >= 0.6 is 11.8 Å². The van der Waals surface area contributed by atoms with Gasteiger partial charge >= 0.3 is 6.03 Å². The summed E-state index contributed by atoms with van der Waals surface area (Å²) < 4.78 is 28.2. The predicted octanol–water partition coefficient (Wildman–Crippen LogP) is 0.308. The zero-order valence-electron chi connectivity index (χ0n) is 14.6. The number of imide groups is 1. The number of amides is 3. The molecule has 0 unspecified atom stereocenters. The second-order valence-electron chi connectivity index (χ2n) is 5.08. The van der Waals surface area contributed by atoms with E-state index >= 15 is 0 Å². The van der Waals surface area contributed by atoms with Crippen molar-refractivity contribution in [3.8, 4) is 0 Å². The van der Waals surface area contributed by atoms with Gasteiger partial charge in [0.15, 0.2) is 10.8 Å². The smallest absolute Gasteiger partial charge is 0.321 e. The first-order valence-electron chi connectivity index (χ1n) is 7.82. The topological polar surface area (TPSA) is 126 Å². The van der Waals surface area contributed by atoms with Gasteiger partial charge in [-0.25, -0.2) is 13.2 Å². The second kappa shape index (κ2) is 8.47. The summed E-state index contributed by atoms with van der Waals surface area (Å²) >= 11 is 1.05. The number of nitrogens with zero attached hydrogens (tertiary/aromatic N) is 4. The molecule has 0 saturated heterocycles. The highest BCUT2D eigenvalue weighted by Gasteiger charge is 2.23. The molecular weight excluding hydrogens is 380 g/mol. The highest BCUT2D eigenvalue weighted by molar-refractivity contribution is 7.99. The zero-order chi connectivity index (χ0) is 19.3. The number of thioether (sulfide) groups is 1. The molecule has 12 heteroatoms. The van der Waals surface area contributed by atoms with Crippen molar-refractivity contribution in [3.63, 3.8) is 0 Å². The van der Waals surface area contributed by atoms with E-state index in [1.165, 1.54) is 28.0 Å². The third kappa shape index (κ3) is 4.31. The summed E-state index contributed by atoms with van der Waals surface area (Å²) in [6.45, 7) is 4.26. The van der Waals surface area contributed by atoms with Gasteiger partial charge in [0.1, 0.15) is 0 Å². The van der Waals surface area contributed by atoms with Crippen LogP contribution in [0.5, 0.6) is 0 Å². The van der Waals surface area contributed by atoms with Crippen LogP contribution in [0, 0.1) is 0 Å². The first-order chi connectivity index (χ1) is 12.3. The van der Waals surface area contributed by atoms with E-state index in [1.807, 2.05) is 0 Å². The van der Waals surface area contributed by atoms with Crippen LogP contribution in [0.25, 0.3) is 5.65 Å². The van der Waals surface area contributed by atoms with Crippen LogP contribution in [-0.2, 0) is 14.8 Å². The van der Waals surface area contributed by atoms with Crippen LogP contribution in [0.3, 0.4) is 0 Å². The van der Waals surface area contributed by atoms with Gasteiger partial charge in [0, 0.05) is 26.3 Å². The van der Waals surface area contributed by atoms with E-state index in [1.54, 1.807) is 19.9 Å². The molecule has 0 atom stereocenters. The van der Waals surface area contributed by atoms with Crippen LogP contribution in [0.1, 0.15) is 13.8 Å². The number of hydrogen-bond donors (Lipinski definition) is 2. The van der Waals surface area contributed by atoms with E-state index < -0.39 is 22.0 Å². The van der Waals surface area contributed by atoms with E-state index in [2.05, 4.69) is 20.8 Å². The van der Waals surface area contributed by atoms with Crippen LogP contribution in [0.4, 0.5) is 4.79 Å². The van der Waals surface area contributed by atoms with Crippen molar-refractivity contribution < 1.29 is 18.0 Å². The van der Waals surface area contributed by atoms with Gasteiger partial charge in [-0.15, -0.1) is 10.2 Å². The van der Waals surface area contributed by atoms with Crippen LogP contribution in [0.2, 0.25) is 0 Å². The number of fused-ring (bicyclic) bond motifs is 1. The van der Waals surface area contributed by atoms with E-state index in [0.717, 1.165) is 11.8 Å². The molecule has 142 valence electrons. The third-order valence-corrected chi connectivity index (χ3v) is 6.48. The molecule has 0 spiro atoms. The third-order valence-electron chi connectivity index (χ3n) is 3.50. The maximum atomic E-state index is 12.6. The van der Waals surface area contributed by atoms with Crippen molar-refractivity contribution in [3.05, 3.63) is 18.3 Å². The fraction of sp³-hybridized carbons (Fsp3) is 0.429. The number of carbonyl (C=O) groups excluding carboxylic acids is 2. The predicted molar refractivity (Wildman–Crippen MR) is 96.4 cm³/mol. The van der Waals surface area contributed by atoms with Gasteiger partial charge in [-0.3, -0.25) is 14.5 Å². The van der Waals surface area contributed by atoms with Crippen molar-refractivity contribution in [2.24, 2.45) is 0 Å². The van der Waals surface area contributed by atoms with Crippen molar-refractivity contribution in [1.82, 2.24) is 29.5 Å². The highest BCUT2D eigenvalue weighted by Crippen LogP contribution is 2.21. The fourth-order valence-electron chi connectivity index (χ4n) is 2.17. The van der Waals surface area contributed by atoms with Gasteiger partial charge in [-0.2, -0.15) is 4.31 Å². The standard InChI is InChI=1S/C14H20N6O4S2/c1-4-19(5-2)26(23,24)10-6-7-11-17-18-14(20(11)8-10)25-9-12(21)16-13(22)15-3/h6-8H,4-5,9H2,1-3H3,(H2,15,16,21,22). The lowest BCUT2D eigenvalue weighted by Gasteiger charge is -2.18. The summed E-state index contributed by atoms with van der Waals surface area (Å²) in [6.07, 6.45) is 1.43. The molecule has 2 heterocycles. The molecule has 10 nitrogen and oxygen atoms in total. The Bertz CT molecular complexity index is 907. The molecule has 0 aromatic carbocycles. The minimum absolute atomic E-state index is 0.0682. The highest BCUT2D eigenvalue weighted by atomic mass is 32.2. The molecule has 0 aliphatic carbocycles. The summed E-state index contributed by atoms with van der Waals surface area (Å²) in [4.78, 5) is 22.9. The molecule has 2 aromatic rings. The summed E-state index contributed by atoms with van der Waals surface area (Å²) in [6, 6.07) is 2.43. The summed E-state index contributed by atoms with van der Waals surface area (Å²) in [5.74, 6) is -0.570. The Hall–Kier alpha value is -2.18. The summed E-state index contributed by atoms with van der Waals surface area (Å²) in [5, 5.41) is 12.7. The van der Waals surface area contributed by atoms with Gasteiger partial charge in [0.25, 0.3) is 0 Å². The van der Waals surface area contributed by atoms with Crippen molar-refractivity contribution in [2.75, 3.05) is 25.9 Å². The number of sulfonamides is 1. The monoisotopic (exact) mass is 400 g/mol. The molecule has 0 fully saturated rings. The Balaban J connectivity index is 2.25. The largest absolute Gasteiger partial charge is 0.341 e. The summed E-state index contributed by atoms with van der Waals surface area (Å²) in [7, 11) is -2.22. The Morgan fingerprint density at radius 2 is 1.92 bits per heavy atom. The van der Waals surface area contributed by atoms with Crippen LogP contribution in [0.15, 0.2) is 28.4 Å². The Morgan fingerprint density at radius 3 is 2.54 bits per heavy atom. The summed E-state index contributed by atoms with van der Waals surface area (Å²) in [5.41, 5.74) is 0.456. The number of urea groups is 1. The normalized spacial score (nSPS) is 11.7. The number of carbonyl (C=O) groups is 2. The number of pyridine rings is 1. The molecule has 0 saturated carbocycles. The molecule has 0 radical (unpaired) electrons. The lowest BCUT2D eigenvalue weighted by Crippen LogP contribution is -2.38. The molecule has 3 amide bonds. The molecule has 2 N–H and O–H groups in total. The van der Waals surface area contributed by atoms with Crippen LogP contribution in [-0.4, -0.2) is 65.1 Å². The second-order valence-corrected chi connectivity index (χ2v) is 7.96. The minimum Gasteiger partial charge on any atom is -0.341 e. The number of aromatic nitrogens is 3. The minimum atomic E-state index is -3.62. The van der Waals surface area contributed by atoms with E-state index in [9.17, 15) is 18.0 Å². The van der Waals surface area contributed by atoms with Gasteiger partial charge in [0.2, 0.25) is 15.9 Å². The average molecular weight is 400 g/mol. The van der Waals surface area contributed by atoms with E-state index in [4.69, 9.17) is 0 Å². The van der Waals surface area contributed by atoms with Gasteiger partial charge in [0.05, 0.1) is 10.6 Å². The average Bonchev–Trinajstić information content (AvgIpc) is 3.03. The van der Waals surface area contributed by atoms with E-state index in [-0.39, 0.29) is 10.6 Å². The number of hydrogen-bond acceptors (Lipinski definition) is 7. The van der Waals surface area contributed by atoms with Crippen molar-refractivity contribution in [2.45, 2.75) is 23.9 Å². The maximum Gasteiger partial charge on any atom is 0.321 e. The quantitative estimate of drug-likeness (QED) is 0.641. The molecule has 0 aliphatic heterocycles. The zero-order valence-corrected chi connectivity index (χ0v) is 16.2. The lowest BCUT2D eigenvalue weighted by atomic mass is 10.5. The Morgan fingerprint density at radius 1 is 1.23 bits per heavy atom. The molecule has 2 rings (SSSR count). The first kappa shape index (κ1) is 20.1. The molecular formula is C14H20N6O4S2. The van der Waals surface area contributed by atoms with Crippen molar-refractivity contribution >= 4 is 39.4 Å². The number of rotatable bonds is 7. The fourth-order valence-corrected chi connectivity index (χ4v) is 4.34. The Kier molecular flexibility index (Phi) is 6.56. The number of nitrogens with one attached hydrogen (secondary N) is 2. The van der Waals surface area contributed by atoms with Gasteiger partial charge in [-0.1, -0.05) is 25.6 Å². The molecule has 0 aliphatic rings. The van der Waals surface area contributed by atoms with Crippen molar-refractivity contribution in [1.29, 1.82) is 0 Å². The van der Waals surface area contributed by atoms with Crippen LogP contribution < -0.4 is 10.6 Å². The van der Waals surface area contributed by atoms with E-state index in [0.29, 0.717) is 23.9 Å². The molecule has 0 bridgehead atoms. The SMILES string of the molecule is CCN(CC)S(=O)(=O)c1ccc2nnc(SCC(=O)NC(=O)NC)n2c1. The molecule has 2 aromatic heterocycles. The van der Waals surface area contributed by atoms with Gasteiger partial charge in [-0.05, 0) is 12.1 Å². The van der Waals surface area contributed by atoms with Gasteiger partial charge < -0.3 is 5.32 Å². The first-order valence-corrected chi connectivity index (χ1v) is 10.2. The lowest BCUT2D eigenvalue weighted by molar-refractivity contribution is -0.117.